The van der Waals surface area contributed by atoms with Crippen LogP contribution in [0.2, 0.25) is 0 Å². The van der Waals surface area contributed by atoms with Crippen LogP contribution in [0.4, 0.5) is 13.2 Å². The largest absolute Gasteiger partial charge is 0.490 e. The summed E-state index contributed by atoms with van der Waals surface area (Å²) in [5.41, 5.74) is 2.25. The van der Waals surface area contributed by atoms with Gasteiger partial charge < -0.3 is 14.7 Å². The van der Waals surface area contributed by atoms with Crippen LogP contribution in [0.5, 0.6) is 0 Å². The lowest BCUT2D eigenvalue weighted by Gasteiger charge is -2.38. The van der Waals surface area contributed by atoms with E-state index in [0.29, 0.717) is 18.9 Å². The van der Waals surface area contributed by atoms with Gasteiger partial charge in [0.25, 0.3) is 0 Å². The lowest BCUT2D eigenvalue weighted by Crippen LogP contribution is -2.47. The van der Waals surface area contributed by atoms with Gasteiger partial charge in [0.1, 0.15) is 0 Å². The number of nitrogens with zero attached hydrogens (tertiary/aromatic N) is 2. The molecule has 32 heavy (non-hydrogen) atoms. The fraction of sp³-hybridized carbons (Fsp3) is 0.435. The smallest absolute Gasteiger partial charge is 0.475 e. The Morgan fingerprint density at radius 1 is 1.16 bits per heavy atom. The van der Waals surface area contributed by atoms with E-state index in [1.54, 1.807) is 6.20 Å². The van der Waals surface area contributed by atoms with E-state index < -0.39 is 12.1 Å². The van der Waals surface area contributed by atoms with Gasteiger partial charge in [-0.15, -0.1) is 0 Å². The van der Waals surface area contributed by atoms with Crippen LogP contribution in [-0.4, -0.2) is 52.2 Å². The standard InChI is InChI=1S/C21H26N2O2.C2HF3O2/c1-2-21(24)23-13-11-20(25-16-19-10-6-7-12-22-19)18(15-23)14-17-8-4-3-5-9-17;3-2(4,5)1(6)7/h3-10,12,18,20H,2,11,13-16H2,1H3;(H,6,7)/t18-,20-;/m0./s1. The number of aromatic nitrogens is 1. The zero-order valence-electron chi connectivity index (χ0n) is 17.8. The van der Waals surface area contributed by atoms with Gasteiger partial charge in [0.15, 0.2) is 0 Å². The summed E-state index contributed by atoms with van der Waals surface area (Å²) in [6.45, 7) is 4.01. The third kappa shape index (κ3) is 8.30. The van der Waals surface area contributed by atoms with Crippen LogP contribution in [0, 0.1) is 5.92 Å². The van der Waals surface area contributed by atoms with Crippen LogP contribution >= 0.6 is 0 Å². The number of carbonyl (C=O) groups excluding carboxylic acids is 1. The molecule has 6 nitrogen and oxygen atoms in total. The van der Waals surface area contributed by atoms with Crippen molar-refractivity contribution < 1.29 is 32.6 Å². The number of aliphatic carboxylic acids is 1. The molecule has 1 amide bonds. The van der Waals surface area contributed by atoms with Gasteiger partial charge in [-0.3, -0.25) is 9.78 Å². The Hall–Kier alpha value is -2.94. The first-order valence-electron chi connectivity index (χ1n) is 10.3. The normalized spacial score (nSPS) is 18.4. The van der Waals surface area contributed by atoms with Gasteiger partial charge in [-0.1, -0.05) is 43.3 Å². The Labute approximate surface area is 185 Å². The first kappa shape index (κ1) is 25.3. The van der Waals surface area contributed by atoms with Crippen molar-refractivity contribution in [1.29, 1.82) is 0 Å². The zero-order valence-corrected chi connectivity index (χ0v) is 17.8. The van der Waals surface area contributed by atoms with Crippen LogP contribution in [0.25, 0.3) is 0 Å². The summed E-state index contributed by atoms with van der Waals surface area (Å²) < 4.78 is 38.0. The highest BCUT2D eigenvalue weighted by Crippen LogP contribution is 2.25. The van der Waals surface area contributed by atoms with Crippen LogP contribution < -0.4 is 0 Å². The monoisotopic (exact) mass is 452 g/mol. The van der Waals surface area contributed by atoms with Crippen molar-refractivity contribution >= 4 is 11.9 Å². The molecule has 0 spiro atoms. The number of carboxylic acids is 1. The molecule has 1 aromatic carbocycles. The van der Waals surface area contributed by atoms with E-state index >= 15 is 0 Å². The maximum absolute atomic E-state index is 12.1. The maximum Gasteiger partial charge on any atom is 0.490 e. The lowest BCUT2D eigenvalue weighted by molar-refractivity contribution is -0.192. The van der Waals surface area contributed by atoms with E-state index in [9.17, 15) is 18.0 Å². The molecule has 174 valence electrons. The number of amides is 1. The van der Waals surface area contributed by atoms with Crippen LogP contribution in [0.15, 0.2) is 54.7 Å². The van der Waals surface area contributed by atoms with Crippen molar-refractivity contribution in [3.05, 3.63) is 66.0 Å². The zero-order chi connectivity index (χ0) is 23.6. The second-order valence-electron chi connectivity index (χ2n) is 7.41. The number of carboxylic acid groups (broad SMARTS) is 1. The van der Waals surface area contributed by atoms with Gasteiger partial charge >= 0.3 is 12.1 Å². The molecule has 1 N–H and O–H groups in total. The van der Waals surface area contributed by atoms with E-state index in [1.807, 2.05) is 36.1 Å². The number of piperidine rings is 1. The fourth-order valence-corrected chi connectivity index (χ4v) is 3.47. The topological polar surface area (TPSA) is 79.7 Å². The molecular formula is C23H27F3N2O4. The van der Waals surface area contributed by atoms with Crippen LogP contribution in [0.1, 0.15) is 31.0 Å². The number of hydrogen-bond acceptors (Lipinski definition) is 4. The van der Waals surface area contributed by atoms with E-state index in [1.165, 1.54) is 5.56 Å². The van der Waals surface area contributed by atoms with Crippen LogP contribution in [0.3, 0.4) is 0 Å². The number of benzene rings is 1. The van der Waals surface area contributed by atoms with Gasteiger partial charge in [0.2, 0.25) is 5.91 Å². The summed E-state index contributed by atoms with van der Waals surface area (Å²) >= 11 is 0. The molecule has 0 aliphatic carbocycles. The lowest BCUT2D eigenvalue weighted by atomic mass is 9.88. The molecule has 2 atom stereocenters. The Balaban J connectivity index is 0.000000451. The molecule has 0 radical (unpaired) electrons. The van der Waals surface area contributed by atoms with E-state index in [0.717, 1.165) is 31.6 Å². The number of hydrogen-bond donors (Lipinski definition) is 1. The minimum atomic E-state index is -5.08. The molecule has 1 aromatic heterocycles. The molecule has 1 aliphatic heterocycles. The average Bonchev–Trinajstić information content (AvgIpc) is 2.79. The van der Waals surface area contributed by atoms with Gasteiger partial charge in [-0.2, -0.15) is 13.2 Å². The highest BCUT2D eigenvalue weighted by Gasteiger charge is 2.38. The molecule has 2 heterocycles. The number of carbonyl (C=O) groups is 2. The molecule has 0 bridgehead atoms. The van der Waals surface area contributed by atoms with Crippen molar-refractivity contribution in [3.8, 4) is 0 Å². The van der Waals surface area contributed by atoms with Gasteiger partial charge in [0, 0.05) is 31.6 Å². The summed E-state index contributed by atoms with van der Waals surface area (Å²) in [5, 5.41) is 7.12. The molecule has 1 aliphatic rings. The SMILES string of the molecule is CCC(=O)N1CC[C@H](OCc2ccccn2)[C@@H](Cc2ccccc2)C1.O=C(O)C(F)(F)F. The van der Waals surface area contributed by atoms with Gasteiger partial charge in [-0.25, -0.2) is 4.79 Å². The van der Waals surface area contributed by atoms with E-state index in [-0.39, 0.29) is 12.0 Å². The predicted octanol–water partition coefficient (Wildman–Crippen LogP) is 4.10. The third-order valence-electron chi connectivity index (χ3n) is 5.07. The highest BCUT2D eigenvalue weighted by molar-refractivity contribution is 5.76. The Bertz CT molecular complexity index is 847. The molecule has 0 unspecified atom stereocenters. The molecule has 9 heteroatoms. The second kappa shape index (κ2) is 12.2. The number of ether oxygens (including phenoxy) is 1. The summed E-state index contributed by atoms with van der Waals surface area (Å²) in [6.07, 6.45) is -0.750. The molecule has 2 aromatic rings. The summed E-state index contributed by atoms with van der Waals surface area (Å²) in [5.74, 6) is -2.20. The Kier molecular flexibility index (Phi) is 9.64. The van der Waals surface area contributed by atoms with Crippen molar-refractivity contribution in [2.24, 2.45) is 5.92 Å². The predicted molar refractivity (Wildman–Crippen MR) is 112 cm³/mol. The summed E-state index contributed by atoms with van der Waals surface area (Å²) in [7, 11) is 0. The first-order valence-corrected chi connectivity index (χ1v) is 10.3. The second-order valence-corrected chi connectivity index (χ2v) is 7.41. The first-order chi connectivity index (χ1) is 15.2. The van der Waals surface area contributed by atoms with Gasteiger partial charge in [0.05, 0.1) is 18.4 Å². The maximum atomic E-state index is 12.1. The highest BCUT2D eigenvalue weighted by atomic mass is 19.4. The Morgan fingerprint density at radius 3 is 2.38 bits per heavy atom. The average molecular weight is 452 g/mol. The Morgan fingerprint density at radius 2 is 1.81 bits per heavy atom. The number of rotatable bonds is 6. The molecule has 1 saturated heterocycles. The minimum absolute atomic E-state index is 0.156. The molecule has 3 rings (SSSR count). The van der Waals surface area contributed by atoms with Gasteiger partial charge in [-0.05, 0) is 30.5 Å². The van der Waals surface area contributed by atoms with Crippen molar-refractivity contribution in [1.82, 2.24) is 9.88 Å². The van der Waals surface area contributed by atoms with Crippen molar-refractivity contribution in [2.75, 3.05) is 13.1 Å². The number of halogens is 3. The quantitative estimate of drug-likeness (QED) is 0.714. The number of likely N-dealkylation sites (tertiary alicyclic amines) is 1. The minimum Gasteiger partial charge on any atom is -0.475 e. The molecule has 1 fully saturated rings. The van der Waals surface area contributed by atoms with Crippen molar-refractivity contribution in [2.45, 2.75) is 45.1 Å². The van der Waals surface area contributed by atoms with Crippen LogP contribution in [-0.2, 0) is 27.4 Å². The summed E-state index contributed by atoms with van der Waals surface area (Å²) in [4.78, 5) is 27.4. The van der Waals surface area contributed by atoms with E-state index in [4.69, 9.17) is 14.6 Å². The number of alkyl halides is 3. The molecule has 0 saturated carbocycles. The third-order valence-corrected chi connectivity index (χ3v) is 5.07. The summed E-state index contributed by atoms with van der Waals surface area (Å²) in [6, 6.07) is 16.3. The molecular weight excluding hydrogens is 425 g/mol. The van der Waals surface area contributed by atoms with E-state index in [2.05, 4.69) is 29.2 Å². The number of pyridine rings is 1. The van der Waals surface area contributed by atoms with Crippen molar-refractivity contribution in [3.63, 3.8) is 0 Å². The fourth-order valence-electron chi connectivity index (χ4n) is 3.47.